The smallest absolute Gasteiger partial charge is 0.309 e. The van der Waals surface area contributed by atoms with Crippen molar-refractivity contribution in [2.75, 3.05) is 31.2 Å². The van der Waals surface area contributed by atoms with E-state index in [0.717, 1.165) is 22.5 Å². The Morgan fingerprint density at radius 3 is 2.48 bits per heavy atom. The number of ether oxygens (including phenoxy) is 1. The SMILES string of the molecule is O=C(COC(=O)C1CCN(S(=O)(=O)c2cc([N+](=O)[O-])ccc2Cl)CC1)N[C@@H]1CCS(=O)(=O)C1. The van der Waals surface area contributed by atoms with Gasteiger partial charge in [0.1, 0.15) is 4.90 Å². The average Bonchev–Trinajstić information content (AvgIpc) is 3.10. The first-order valence-corrected chi connectivity index (χ1v) is 13.6. The van der Waals surface area contributed by atoms with Gasteiger partial charge in [-0.3, -0.25) is 19.7 Å². The fourth-order valence-electron chi connectivity index (χ4n) is 3.71. The van der Waals surface area contributed by atoms with Crippen molar-refractivity contribution >= 4 is 49.0 Å². The molecule has 2 heterocycles. The number of carbonyl (C=O) groups is 2. The molecule has 0 aromatic heterocycles. The number of nitro benzene ring substituents is 1. The Morgan fingerprint density at radius 1 is 1.24 bits per heavy atom. The van der Waals surface area contributed by atoms with Gasteiger partial charge >= 0.3 is 5.97 Å². The second-order valence-electron chi connectivity index (χ2n) is 7.83. The number of benzene rings is 1. The number of amides is 1. The maximum absolute atomic E-state index is 12.9. The van der Waals surface area contributed by atoms with E-state index in [2.05, 4.69) is 5.32 Å². The van der Waals surface area contributed by atoms with Crippen LogP contribution in [0, 0.1) is 16.0 Å². The lowest BCUT2D eigenvalue weighted by molar-refractivity contribution is -0.385. The van der Waals surface area contributed by atoms with Crippen LogP contribution in [-0.4, -0.2) is 75.2 Å². The van der Waals surface area contributed by atoms with E-state index >= 15 is 0 Å². The molecular weight excluding hydrogens is 502 g/mol. The predicted molar refractivity (Wildman–Crippen MR) is 116 cm³/mol. The third-order valence-electron chi connectivity index (χ3n) is 5.47. The minimum absolute atomic E-state index is 0.000750. The zero-order chi connectivity index (χ0) is 24.4. The Bertz CT molecular complexity index is 1160. The Kier molecular flexibility index (Phi) is 7.61. The minimum atomic E-state index is -4.11. The molecule has 0 unspecified atom stereocenters. The van der Waals surface area contributed by atoms with Crippen LogP contribution in [0.3, 0.4) is 0 Å². The molecular formula is C18H22ClN3O9S2. The summed E-state index contributed by atoms with van der Waals surface area (Å²) in [7, 11) is -7.27. The molecule has 15 heteroatoms. The maximum Gasteiger partial charge on any atom is 0.309 e. The summed E-state index contributed by atoms with van der Waals surface area (Å²) in [5.74, 6) is -2.04. The number of nitrogens with zero attached hydrogens (tertiary/aromatic N) is 2. The van der Waals surface area contributed by atoms with Crippen LogP contribution in [0.2, 0.25) is 5.02 Å². The lowest BCUT2D eigenvalue weighted by atomic mass is 9.98. The van der Waals surface area contributed by atoms with Gasteiger partial charge in [0.25, 0.3) is 11.6 Å². The van der Waals surface area contributed by atoms with Gasteiger partial charge in [-0.05, 0) is 25.3 Å². The van der Waals surface area contributed by atoms with Crippen molar-refractivity contribution in [3.8, 4) is 0 Å². The van der Waals surface area contributed by atoms with Gasteiger partial charge in [-0.2, -0.15) is 4.31 Å². The van der Waals surface area contributed by atoms with E-state index in [0.29, 0.717) is 6.42 Å². The van der Waals surface area contributed by atoms with Gasteiger partial charge in [-0.25, -0.2) is 16.8 Å². The van der Waals surface area contributed by atoms with E-state index in [-0.39, 0.29) is 47.4 Å². The van der Waals surface area contributed by atoms with Crippen LogP contribution in [0.4, 0.5) is 5.69 Å². The van der Waals surface area contributed by atoms with Gasteiger partial charge in [-0.1, -0.05) is 11.6 Å². The molecule has 3 rings (SSSR count). The largest absolute Gasteiger partial charge is 0.455 e. The quantitative estimate of drug-likeness (QED) is 0.303. The summed E-state index contributed by atoms with van der Waals surface area (Å²) >= 11 is 5.96. The average molecular weight is 524 g/mol. The molecule has 2 aliphatic rings. The highest BCUT2D eigenvalue weighted by Crippen LogP contribution is 2.31. The third-order valence-corrected chi connectivity index (χ3v) is 9.62. The Labute approximate surface area is 195 Å². The molecule has 2 fully saturated rings. The monoisotopic (exact) mass is 523 g/mol. The van der Waals surface area contributed by atoms with Gasteiger partial charge in [0, 0.05) is 31.3 Å². The van der Waals surface area contributed by atoms with Crippen molar-refractivity contribution in [1.29, 1.82) is 0 Å². The number of carbonyl (C=O) groups excluding carboxylic acids is 2. The van der Waals surface area contributed by atoms with E-state index in [1.807, 2.05) is 0 Å². The molecule has 0 radical (unpaired) electrons. The molecule has 33 heavy (non-hydrogen) atoms. The number of nitro groups is 1. The van der Waals surface area contributed by atoms with Crippen molar-refractivity contribution in [1.82, 2.24) is 9.62 Å². The molecule has 0 bridgehead atoms. The predicted octanol–water partition coefficient (Wildman–Crippen LogP) is 0.495. The van der Waals surface area contributed by atoms with E-state index in [1.165, 1.54) is 0 Å². The van der Waals surface area contributed by atoms with Gasteiger partial charge in [0.2, 0.25) is 10.0 Å². The first-order valence-electron chi connectivity index (χ1n) is 9.99. The molecule has 2 saturated heterocycles. The summed E-state index contributed by atoms with van der Waals surface area (Å²) in [6.45, 7) is -0.627. The normalized spacial score (nSPS) is 21.4. The summed E-state index contributed by atoms with van der Waals surface area (Å²) in [6.07, 6.45) is 0.573. The number of sulfonamides is 1. The topological polar surface area (TPSA) is 170 Å². The van der Waals surface area contributed by atoms with Crippen LogP contribution in [-0.2, 0) is 34.2 Å². The first kappa shape index (κ1) is 25.3. The molecule has 1 atom stereocenters. The molecule has 1 N–H and O–H groups in total. The van der Waals surface area contributed by atoms with Crippen molar-refractivity contribution in [2.45, 2.75) is 30.2 Å². The molecule has 0 spiro atoms. The van der Waals surface area contributed by atoms with E-state index in [4.69, 9.17) is 16.3 Å². The zero-order valence-electron chi connectivity index (χ0n) is 17.3. The molecule has 12 nitrogen and oxygen atoms in total. The number of halogens is 1. The van der Waals surface area contributed by atoms with Gasteiger partial charge in [-0.15, -0.1) is 0 Å². The van der Waals surface area contributed by atoms with Gasteiger partial charge in [0.05, 0.1) is 27.4 Å². The standard InChI is InChI=1S/C18H22ClN3O9S2/c19-15-2-1-14(22(25)26)9-16(15)33(29,30)21-6-3-12(4-7-21)18(24)31-10-17(23)20-13-5-8-32(27,28)11-13/h1-2,9,12-13H,3-8,10-11H2,(H,20,23)/t13-/m1/s1. The molecule has 1 amide bonds. The highest BCUT2D eigenvalue weighted by Gasteiger charge is 2.35. The number of piperidine rings is 1. The van der Waals surface area contributed by atoms with Crippen LogP contribution in [0.15, 0.2) is 23.1 Å². The van der Waals surface area contributed by atoms with Gasteiger partial charge in [0.15, 0.2) is 16.4 Å². The number of sulfone groups is 1. The molecule has 2 aliphatic heterocycles. The maximum atomic E-state index is 12.9. The fraction of sp³-hybridized carbons (Fsp3) is 0.556. The number of rotatable bonds is 7. The number of hydrogen-bond donors (Lipinski definition) is 1. The first-order chi connectivity index (χ1) is 15.4. The summed E-state index contributed by atoms with van der Waals surface area (Å²) in [4.78, 5) is 34.1. The second-order valence-corrected chi connectivity index (χ2v) is 12.4. The molecule has 182 valence electrons. The molecule has 1 aromatic rings. The fourth-order valence-corrected chi connectivity index (χ4v) is 7.34. The lowest BCUT2D eigenvalue weighted by Gasteiger charge is -2.30. The van der Waals surface area contributed by atoms with E-state index in [1.54, 1.807) is 0 Å². The highest BCUT2D eigenvalue weighted by atomic mass is 35.5. The van der Waals surface area contributed by atoms with E-state index < -0.39 is 60.9 Å². The third kappa shape index (κ3) is 6.19. The van der Waals surface area contributed by atoms with Crippen molar-refractivity contribution < 1.29 is 36.1 Å². The number of nitrogens with one attached hydrogen (secondary N) is 1. The van der Waals surface area contributed by atoms with Crippen molar-refractivity contribution in [3.63, 3.8) is 0 Å². The zero-order valence-corrected chi connectivity index (χ0v) is 19.7. The lowest BCUT2D eigenvalue weighted by Crippen LogP contribution is -2.42. The Hall–Kier alpha value is -2.29. The van der Waals surface area contributed by atoms with Crippen molar-refractivity contribution in [3.05, 3.63) is 33.3 Å². The number of esters is 1. The number of non-ortho nitro benzene ring substituents is 1. The summed E-state index contributed by atoms with van der Waals surface area (Å²) < 4.78 is 54.7. The van der Waals surface area contributed by atoms with Crippen LogP contribution in [0.1, 0.15) is 19.3 Å². The molecule has 0 saturated carbocycles. The second kappa shape index (κ2) is 9.91. The summed E-state index contributed by atoms with van der Waals surface area (Å²) in [5.41, 5.74) is -0.412. The van der Waals surface area contributed by atoms with E-state index in [9.17, 15) is 36.5 Å². The summed E-state index contributed by atoms with van der Waals surface area (Å²) in [6, 6.07) is 2.63. The molecule has 1 aromatic carbocycles. The van der Waals surface area contributed by atoms with Gasteiger partial charge < -0.3 is 10.1 Å². The van der Waals surface area contributed by atoms with Crippen molar-refractivity contribution in [2.24, 2.45) is 5.92 Å². The Morgan fingerprint density at radius 2 is 1.91 bits per heavy atom. The molecule has 0 aliphatic carbocycles. The highest BCUT2D eigenvalue weighted by molar-refractivity contribution is 7.91. The van der Waals surface area contributed by atoms with Crippen LogP contribution < -0.4 is 5.32 Å². The number of hydrogen-bond acceptors (Lipinski definition) is 9. The Balaban J connectivity index is 1.52. The van der Waals surface area contributed by atoms with Crippen LogP contribution in [0.5, 0.6) is 0 Å². The summed E-state index contributed by atoms with van der Waals surface area (Å²) in [5, 5.41) is 13.3. The minimum Gasteiger partial charge on any atom is -0.455 e. The van der Waals surface area contributed by atoms with Crippen LogP contribution >= 0.6 is 11.6 Å². The van der Waals surface area contributed by atoms with Crippen LogP contribution in [0.25, 0.3) is 0 Å².